The summed E-state index contributed by atoms with van der Waals surface area (Å²) < 4.78 is 29.4. The number of ether oxygens (including phenoxy) is 5. The highest BCUT2D eigenvalue weighted by atomic mass is 16.7. The fraction of sp³-hybridized carbons (Fsp3) is 0.676. The number of cyclic esters (lactones) is 1. The number of aliphatic hydroxyl groups excluding tert-OH is 3. The summed E-state index contributed by atoms with van der Waals surface area (Å²) in [6, 6.07) is -0.533. The van der Waals surface area contributed by atoms with Crippen molar-refractivity contribution in [3.8, 4) is 0 Å². The maximum absolute atomic E-state index is 12.2. The minimum atomic E-state index is -1.79. The fourth-order valence-electron chi connectivity index (χ4n) is 5.99. The number of carbonyl (C=O) groups excluding carboxylic acids is 1. The van der Waals surface area contributed by atoms with Gasteiger partial charge in [-0.15, -0.1) is 0 Å². The number of esters is 1. The second kappa shape index (κ2) is 16.1. The SMILES string of the molecule is CC1O[C@@H](O[C@H]2/C=C/C=C/C=C/C=C/C[C@@H](C)OC(=O)/C=C/C3O[C@@H]3CC(O)C[C@]3(O)CC(O)[C@@H](C)[C@H](C2)O3)C(O)C(N)[C@@H]1C. The van der Waals surface area contributed by atoms with E-state index in [1.54, 1.807) is 12.2 Å². The summed E-state index contributed by atoms with van der Waals surface area (Å²) in [5.74, 6) is -2.68. The van der Waals surface area contributed by atoms with Crippen molar-refractivity contribution in [2.45, 2.75) is 133 Å². The largest absolute Gasteiger partial charge is 0.459 e. The van der Waals surface area contributed by atoms with Gasteiger partial charge < -0.3 is 49.8 Å². The molecule has 4 heterocycles. The molecule has 4 rings (SSSR count). The summed E-state index contributed by atoms with van der Waals surface area (Å²) in [5, 5.41) is 44.0. The molecule has 2 bridgehead atoms. The van der Waals surface area contributed by atoms with Gasteiger partial charge in [0.25, 0.3) is 0 Å². The van der Waals surface area contributed by atoms with Crippen molar-refractivity contribution in [2.24, 2.45) is 17.6 Å². The quantitative estimate of drug-likeness (QED) is 0.223. The first-order valence-electron chi connectivity index (χ1n) is 16.1. The number of rotatable bonds is 2. The van der Waals surface area contributed by atoms with E-state index in [-0.39, 0.29) is 61.9 Å². The number of epoxide rings is 1. The van der Waals surface area contributed by atoms with Crippen LogP contribution in [0.2, 0.25) is 0 Å². The molecule has 0 aromatic heterocycles. The Morgan fingerprint density at radius 1 is 0.889 bits per heavy atom. The Kier molecular flexibility index (Phi) is 12.7. The number of carbonyl (C=O) groups is 1. The van der Waals surface area contributed by atoms with E-state index >= 15 is 0 Å². The highest BCUT2D eigenvalue weighted by Crippen LogP contribution is 2.38. The molecule has 11 nitrogen and oxygen atoms in total. The number of allylic oxidation sites excluding steroid dienone is 6. The molecule has 0 aliphatic carbocycles. The lowest BCUT2D eigenvalue weighted by molar-refractivity contribution is -0.307. The van der Waals surface area contributed by atoms with Crippen LogP contribution in [0.5, 0.6) is 0 Å². The van der Waals surface area contributed by atoms with E-state index < -0.39 is 54.6 Å². The number of nitrogens with two attached hydrogens (primary N) is 1. The monoisotopic (exact) mass is 633 g/mol. The molecule has 0 saturated carbocycles. The first kappa shape index (κ1) is 35.7. The second-order valence-corrected chi connectivity index (χ2v) is 12.9. The van der Waals surface area contributed by atoms with E-state index in [4.69, 9.17) is 29.4 Å². The van der Waals surface area contributed by atoms with Gasteiger partial charge >= 0.3 is 5.97 Å². The fourth-order valence-corrected chi connectivity index (χ4v) is 5.99. The normalized spacial score (nSPS) is 48.9. The zero-order valence-corrected chi connectivity index (χ0v) is 26.6. The lowest BCUT2D eigenvalue weighted by Gasteiger charge is -2.45. The van der Waals surface area contributed by atoms with Gasteiger partial charge in [-0.25, -0.2) is 4.79 Å². The molecule has 14 atom stereocenters. The molecule has 0 aromatic rings. The predicted molar refractivity (Wildman–Crippen MR) is 166 cm³/mol. The van der Waals surface area contributed by atoms with Gasteiger partial charge in [0, 0.05) is 50.1 Å². The zero-order chi connectivity index (χ0) is 32.7. The molecule has 3 saturated heterocycles. The average Bonchev–Trinajstić information content (AvgIpc) is 3.71. The van der Waals surface area contributed by atoms with Crippen molar-refractivity contribution in [1.82, 2.24) is 0 Å². The Morgan fingerprint density at radius 3 is 2.36 bits per heavy atom. The molecule has 3 fully saturated rings. The van der Waals surface area contributed by atoms with Crippen LogP contribution in [0.25, 0.3) is 0 Å². The molecule has 6 unspecified atom stereocenters. The van der Waals surface area contributed by atoms with Gasteiger partial charge in [0.05, 0.1) is 36.6 Å². The minimum absolute atomic E-state index is 0.0655. The third-order valence-electron chi connectivity index (χ3n) is 9.14. The number of aliphatic hydroxyl groups is 4. The molecule has 4 aliphatic heterocycles. The van der Waals surface area contributed by atoms with Gasteiger partial charge in [0.2, 0.25) is 0 Å². The Labute approximate surface area is 266 Å². The van der Waals surface area contributed by atoms with E-state index in [1.165, 1.54) is 6.08 Å². The summed E-state index contributed by atoms with van der Waals surface area (Å²) in [6.45, 7) is 7.46. The first-order chi connectivity index (χ1) is 21.3. The van der Waals surface area contributed by atoms with E-state index in [1.807, 2.05) is 70.2 Å². The molecule has 252 valence electrons. The van der Waals surface area contributed by atoms with Crippen molar-refractivity contribution in [2.75, 3.05) is 0 Å². The Balaban J connectivity index is 1.53. The van der Waals surface area contributed by atoms with Crippen molar-refractivity contribution in [3.63, 3.8) is 0 Å². The van der Waals surface area contributed by atoms with Gasteiger partial charge in [-0.1, -0.05) is 62.5 Å². The summed E-state index contributed by atoms with van der Waals surface area (Å²) in [7, 11) is 0. The van der Waals surface area contributed by atoms with Crippen molar-refractivity contribution in [1.29, 1.82) is 0 Å². The summed E-state index contributed by atoms with van der Waals surface area (Å²) in [6.07, 6.45) is 12.1. The molecular weight excluding hydrogens is 582 g/mol. The van der Waals surface area contributed by atoms with Crippen LogP contribution in [-0.4, -0.2) is 99.5 Å². The van der Waals surface area contributed by atoms with Gasteiger partial charge in [-0.2, -0.15) is 0 Å². The maximum atomic E-state index is 12.2. The molecule has 0 aromatic carbocycles. The van der Waals surface area contributed by atoms with Crippen LogP contribution in [0, 0.1) is 11.8 Å². The predicted octanol–water partition coefficient (Wildman–Crippen LogP) is 2.33. The Morgan fingerprint density at radius 2 is 1.60 bits per heavy atom. The maximum Gasteiger partial charge on any atom is 0.330 e. The lowest BCUT2D eigenvalue weighted by Crippen LogP contribution is -2.58. The molecule has 45 heavy (non-hydrogen) atoms. The second-order valence-electron chi connectivity index (χ2n) is 12.9. The first-order valence-corrected chi connectivity index (χ1v) is 16.1. The van der Waals surface area contributed by atoms with Crippen LogP contribution in [0.15, 0.2) is 60.8 Å². The Bertz CT molecular complexity index is 1120. The molecule has 0 spiro atoms. The highest BCUT2D eigenvalue weighted by molar-refractivity contribution is 5.82. The number of fused-ring (bicyclic) bond motifs is 3. The average molecular weight is 634 g/mol. The minimum Gasteiger partial charge on any atom is -0.459 e. The topological polar surface area (TPSA) is 173 Å². The van der Waals surface area contributed by atoms with Gasteiger partial charge in [0.15, 0.2) is 12.1 Å². The van der Waals surface area contributed by atoms with Crippen LogP contribution in [-0.2, 0) is 28.5 Å². The van der Waals surface area contributed by atoms with Crippen LogP contribution in [0.3, 0.4) is 0 Å². The van der Waals surface area contributed by atoms with Gasteiger partial charge in [0.1, 0.15) is 18.3 Å². The van der Waals surface area contributed by atoms with Crippen molar-refractivity contribution >= 4 is 5.97 Å². The summed E-state index contributed by atoms with van der Waals surface area (Å²) in [5.41, 5.74) is 6.26. The smallest absolute Gasteiger partial charge is 0.330 e. The van der Waals surface area contributed by atoms with E-state index in [0.29, 0.717) is 6.42 Å². The van der Waals surface area contributed by atoms with Crippen LogP contribution in [0.4, 0.5) is 0 Å². The molecule has 0 amide bonds. The standard InChI is InChI=1S/C34H51NO10/c1-20-12-10-8-6-5-7-9-11-13-25(43-33-32(39)31(35)21(2)23(4)42-33)17-28-22(3)26(37)19-34(40,45-28)18-24(36)16-29-27(44-29)14-15-30(38)41-20/h5-11,13-15,20-29,31-33,36-37,39-40H,12,16-19,35H2,1-4H3/b6-5+,9-7+,10-8+,13-11+,15-14+/t20-,21-,22-,23?,24?,25+,26?,27?,28+,29-,31?,32?,33+,34-/m1/s1. The molecule has 11 heteroatoms. The van der Waals surface area contributed by atoms with Gasteiger partial charge in [-0.05, 0) is 25.8 Å². The van der Waals surface area contributed by atoms with Crippen LogP contribution < -0.4 is 5.73 Å². The van der Waals surface area contributed by atoms with E-state index in [0.717, 1.165) is 0 Å². The van der Waals surface area contributed by atoms with E-state index in [9.17, 15) is 25.2 Å². The van der Waals surface area contributed by atoms with Crippen LogP contribution in [0.1, 0.15) is 59.8 Å². The van der Waals surface area contributed by atoms with Crippen LogP contribution >= 0.6 is 0 Å². The third-order valence-corrected chi connectivity index (χ3v) is 9.14. The summed E-state index contributed by atoms with van der Waals surface area (Å²) >= 11 is 0. The highest BCUT2D eigenvalue weighted by Gasteiger charge is 2.48. The number of hydrogen-bond acceptors (Lipinski definition) is 11. The molecule has 4 aliphatic rings. The van der Waals surface area contributed by atoms with Crippen molar-refractivity contribution in [3.05, 3.63) is 60.8 Å². The summed E-state index contributed by atoms with van der Waals surface area (Å²) in [4.78, 5) is 12.2. The third kappa shape index (κ3) is 10.4. The molecule has 0 radical (unpaired) electrons. The lowest BCUT2D eigenvalue weighted by atomic mass is 9.84. The van der Waals surface area contributed by atoms with Crippen molar-refractivity contribution < 1.29 is 48.9 Å². The van der Waals surface area contributed by atoms with E-state index in [2.05, 4.69) is 0 Å². The number of hydrogen-bond donors (Lipinski definition) is 5. The zero-order valence-electron chi connectivity index (χ0n) is 26.6. The van der Waals surface area contributed by atoms with Gasteiger partial charge in [-0.3, -0.25) is 0 Å². The molecular formula is C34H51NO10. The Hall–Kier alpha value is -2.19. The molecule has 6 N–H and O–H groups in total.